The molecule has 0 aromatic heterocycles. The van der Waals surface area contributed by atoms with Crippen molar-refractivity contribution in [2.45, 2.75) is 23.8 Å². The fourth-order valence-corrected chi connectivity index (χ4v) is 2.79. The van der Waals surface area contributed by atoms with Crippen LogP contribution >= 0.6 is 0 Å². The first-order valence-electron chi connectivity index (χ1n) is 5.61. The number of carboxylic acid groups (broad SMARTS) is 1. The van der Waals surface area contributed by atoms with Crippen molar-refractivity contribution in [2.75, 3.05) is 13.4 Å². The van der Waals surface area contributed by atoms with Crippen molar-refractivity contribution >= 4 is 15.8 Å². The van der Waals surface area contributed by atoms with Gasteiger partial charge in [-0.1, -0.05) is 6.07 Å². The third-order valence-corrected chi connectivity index (χ3v) is 3.84. The van der Waals surface area contributed by atoms with E-state index in [-0.39, 0.29) is 17.7 Å². The topological polar surface area (TPSA) is 107 Å². The Balaban J connectivity index is 3.26. The lowest BCUT2D eigenvalue weighted by atomic mass is 10.0. The molecule has 0 bridgehead atoms. The van der Waals surface area contributed by atoms with E-state index in [0.29, 0.717) is 11.3 Å². The van der Waals surface area contributed by atoms with Gasteiger partial charge in [-0.2, -0.15) is 0 Å². The molecule has 1 aromatic carbocycles. The number of benzene rings is 1. The van der Waals surface area contributed by atoms with Gasteiger partial charge in [0, 0.05) is 24.3 Å². The standard InChI is InChI=1S/C12H17NO5S/c1-18-9-4-3-5-10(19(2,16)17)12(9)8(13)6-7-11(14)15/h3-5,8H,6-7,13H2,1-2H3,(H,14,15). The van der Waals surface area contributed by atoms with Gasteiger partial charge in [0.05, 0.1) is 12.0 Å². The van der Waals surface area contributed by atoms with E-state index in [1.165, 1.54) is 13.2 Å². The van der Waals surface area contributed by atoms with E-state index in [4.69, 9.17) is 15.6 Å². The van der Waals surface area contributed by atoms with Gasteiger partial charge < -0.3 is 15.6 Å². The molecule has 0 radical (unpaired) electrons. The summed E-state index contributed by atoms with van der Waals surface area (Å²) in [6.45, 7) is 0. The highest BCUT2D eigenvalue weighted by Gasteiger charge is 2.22. The van der Waals surface area contributed by atoms with Crippen molar-refractivity contribution < 1.29 is 23.1 Å². The smallest absolute Gasteiger partial charge is 0.303 e. The highest BCUT2D eigenvalue weighted by molar-refractivity contribution is 7.90. The van der Waals surface area contributed by atoms with Crippen LogP contribution in [0.5, 0.6) is 5.75 Å². The molecule has 0 amide bonds. The van der Waals surface area contributed by atoms with Crippen LogP contribution in [0.4, 0.5) is 0 Å². The molecule has 1 unspecified atom stereocenters. The zero-order valence-corrected chi connectivity index (χ0v) is 11.6. The first-order chi connectivity index (χ1) is 8.77. The van der Waals surface area contributed by atoms with Crippen LogP contribution in [0.3, 0.4) is 0 Å². The maximum Gasteiger partial charge on any atom is 0.303 e. The summed E-state index contributed by atoms with van der Waals surface area (Å²) in [5.41, 5.74) is 6.24. The van der Waals surface area contributed by atoms with Gasteiger partial charge in [0.25, 0.3) is 0 Å². The number of methoxy groups -OCH3 is 1. The molecule has 7 heteroatoms. The third-order valence-electron chi connectivity index (χ3n) is 2.69. The minimum absolute atomic E-state index is 0.0738. The van der Waals surface area contributed by atoms with Gasteiger partial charge in [-0.3, -0.25) is 4.79 Å². The Labute approximate surface area is 112 Å². The van der Waals surface area contributed by atoms with Gasteiger partial charge in [-0.05, 0) is 18.6 Å². The Bertz CT molecular complexity index is 567. The van der Waals surface area contributed by atoms with Crippen LogP contribution in [0.15, 0.2) is 23.1 Å². The van der Waals surface area contributed by atoms with E-state index >= 15 is 0 Å². The largest absolute Gasteiger partial charge is 0.496 e. The van der Waals surface area contributed by atoms with E-state index in [9.17, 15) is 13.2 Å². The predicted molar refractivity (Wildman–Crippen MR) is 69.9 cm³/mol. The Morgan fingerprint density at radius 2 is 2.11 bits per heavy atom. The van der Waals surface area contributed by atoms with E-state index < -0.39 is 21.8 Å². The third kappa shape index (κ3) is 3.93. The Morgan fingerprint density at radius 3 is 2.58 bits per heavy atom. The lowest BCUT2D eigenvalue weighted by molar-refractivity contribution is -0.137. The van der Waals surface area contributed by atoms with Crippen molar-refractivity contribution in [1.29, 1.82) is 0 Å². The summed E-state index contributed by atoms with van der Waals surface area (Å²) in [6.07, 6.45) is 1.08. The predicted octanol–water partition coefficient (Wildman–Crippen LogP) is 0.963. The number of carboxylic acids is 1. The van der Waals surface area contributed by atoms with Gasteiger partial charge in [0.2, 0.25) is 0 Å². The second kappa shape index (κ2) is 6.03. The summed E-state index contributed by atoms with van der Waals surface area (Å²) >= 11 is 0. The molecule has 0 spiro atoms. The van der Waals surface area contributed by atoms with Gasteiger partial charge in [0.1, 0.15) is 5.75 Å². The van der Waals surface area contributed by atoms with Crippen molar-refractivity contribution in [1.82, 2.24) is 0 Å². The Morgan fingerprint density at radius 1 is 1.47 bits per heavy atom. The molecule has 3 N–H and O–H groups in total. The number of sulfone groups is 1. The number of ether oxygens (including phenoxy) is 1. The second-order valence-electron chi connectivity index (χ2n) is 4.18. The molecule has 0 fully saturated rings. The van der Waals surface area contributed by atoms with Crippen LogP contribution in [-0.4, -0.2) is 32.9 Å². The minimum Gasteiger partial charge on any atom is -0.496 e. The average molecular weight is 287 g/mol. The molecular weight excluding hydrogens is 270 g/mol. The van der Waals surface area contributed by atoms with Crippen LogP contribution in [-0.2, 0) is 14.6 Å². The molecule has 1 rings (SSSR count). The first-order valence-corrected chi connectivity index (χ1v) is 7.51. The van der Waals surface area contributed by atoms with Gasteiger partial charge in [0.15, 0.2) is 9.84 Å². The molecule has 0 saturated carbocycles. The lowest BCUT2D eigenvalue weighted by Crippen LogP contribution is -2.17. The van der Waals surface area contributed by atoms with Crippen molar-refractivity contribution in [3.8, 4) is 5.75 Å². The molecule has 106 valence electrons. The molecule has 0 aliphatic carbocycles. The summed E-state index contributed by atoms with van der Waals surface area (Å²) in [5, 5.41) is 8.66. The number of carbonyl (C=O) groups is 1. The average Bonchev–Trinajstić information content (AvgIpc) is 2.33. The normalized spacial score (nSPS) is 13.0. The maximum absolute atomic E-state index is 11.7. The van der Waals surface area contributed by atoms with Gasteiger partial charge in [-0.15, -0.1) is 0 Å². The van der Waals surface area contributed by atoms with Crippen molar-refractivity contribution in [3.05, 3.63) is 23.8 Å². The molecule has 1 aromatic rings. The second-order valence-corrected chi connectivity index (χ2v) is 6.17. The molecular formula is C12H17NO5S. The van der Waals surface area contributed by atoms with Crippen molar-refractivity contribution in [3.63, 3.8) is 0 Å². The zero-order chi connectivity index (χ0) is 14.6. The number of nitrogens with two attached hydrogens (primary N) is 1. The first kappa shape index (κ1) is 15.5. The summed E-state index contributed by atoms with van der Waals surface area (Å²) in [6, 6.07) is 3.89. The number of rotatable bonds is 6. The summed E-state index contributed by atoms with van der Waals surface area (Å²) in [4.78, 5) is 10.6. The fourth-order valence-electron chi connectivity index (χ4n) is 1.81. The molecule has 6 nitrogen and oxygen atoms in total. The Hall–Kier alpha value is -1.60. The molecule has 19 heavy (non-hydrogen) atoms. The number of hydrogen-bond acceptors (Lipinski definition) is 5. The molecule has 1 atom stereocenters. The fraction of sp³-hybridized carbons (Fsp3) is 0.417. The van der Waals surface area contributed by atoms with Crippen LogP contribution in [0, 0.1) is 0 Å². The quantitative estimate of drug-likeness (QED) is 0.807. The van der Waals surface area contributed by atoms with Crippen molar-refractivity contribution in [2.24, 2.45) is 5.73 Å². The van der Waals surface area contributed by atoms with Crippen LogP contribution in [0.1, 0.15) is 24.4 Å². The summed E-state index contributed by atoms with van der Waals surface area (Å²) in [5.74, 6) is -0.632. The van der Waals surface area contributed by atoms with Crippen LogP contribution in [0.2, 0.25) is 0 Å². The molecule has 0 saturated heterocycles. The maximum atomic E-state index is 11.7. The van der Waals surface area contributed by atoms with Crippen LogP contribution < -0.4 is 10.5 Å². The van der Waals surface area contributed by atoms with Gasteiger partial charge in [-0.25, -0.2) is 8.42 Å². The number of aliphatic carboxylic acids is 1. The number of hydrogen-bond donors (Lipinski definition) is 2. The highest BCUT2D eigenvalue weighted by Crippen LogP contribution is 2.32. The molecule has 0 aliphatic rings. The zero-order valence-electron chi connectivity index (χ0n) is 10.8. The highest BCUT2D eigenvalue weighted by atomic mass is 32.2. The van der Waals surface area contributed by atoms with Crippen LogP contribution in [0.25, 0.3) is 0 Å². The summed E-state index contributed by atoms with van der Waals surface area (Å²) < 4.78 is 28.6. The van der Waals surface area contributed by atoms with E-state index in [2.05, 4.69) is 0 Å². The van der Waals surface area contributed by atoms with E-state index in [0.717, 1.165) is 6.26 Å². The van der Waals surface area contributed by atoms with E-state index in [1.807, 2.05) is 0 Å². The lowest BCUT2D eigenvalue weighted by Gasteiger charge is -2.18. The summed E-state index contributed by atoms with van der Waals surface area (Å²) in [7, 11) is -2.05. The van der Waals surface area contributed by atoms with E-state index in [1.54, 1.807) is 12.1 Å². The molecule has 0 aliphatic heterocycles. The minimum atomic E-state index is -3.46. The monoisotopic (exact) mass is 287 g/mol. The van der Waals surface area contributed by atoms with Gasteiger partial charge >= 0.3 is 5.97 Å². The Kier molecular flexibility index (Phi) is 4.90. The molecule has 0 heterocycles. The SMILES string of the molecule is COc1cccc(S(C)(=O)=O)c1C(N)CCC(=O)O.